The number of carbonyl (C=O) groups is 2. The van der Waals surface area contributed by atoms with E-state index in [0.717, 1.165) is 17.7 Å². The number of thiazole rings is 1. The van der Waals surface area contributed by atoms with Crippen LogP contribution in [0.25, 0.3) is 0 Å². The average molecular weight is 446 g/mol. The molecule has 1 aromatic carbocycles. The smallest absolute Gasteiger partial charge is 0.249 e. The van der Waals surface area contributed by atoms with E-state index in [4.69, 9.17) is 0 Å². The van der Waals surface area contributed by atoms with E-state index in [9.17, 15) is 18.4 Å². The molecule has 164 valence electrons. The summed E-state index contributed by atoms with van der Waals surface area (Å²) in [6.45, 7) is 0.768. The number of halogens is 2. The molecule has 31 heavy (non-hydrogen) atoms. The maximum atomic E-state index is 13.1. The first-order chi connectivity index (χ1) is 14.9. The second-order valence-corrected chi connectivity index (χ2v) is 9.79. The van der Waals surface area contributed by atoms with E-state index in [1.807, 2.05) is 10.4 Å². The third-order valence-electron chi connectivity index (χ3n) is 6.52. The molecule has 2 amide bonds. The Labute approximate surface area is 183 Å². The molecule has 5 nitrogen and oxygen atoms in total. The fourth-order valence-corrected chi connectivity index (χ4v) is 5.41. The Morgan fingerprint density at radius 2 is 2.00 bits per heavy atom. The lowest BCUT2D eigenvalue weighted by Crippen LogP contribution is -2.46. The molecular formula is C23H25F2N3O2S. The lowest BCUT2D eigenvalue weighted by atomic mass is 9.81. The van der Waals surface area contributed by atoms with Crippen LogP contribution >= 0.6 is 11.3 Å². The summed E-state index contributed by atoms with van der Waals surface area (Å²) in [5.74, 6) is -3.18. The minimum atomic E-state index is -2.72. The van der Waals surface area contributed by atoms with Crippen LogP contribution in [0.15, 0.2) is 29.8 Å². The van der Waals surface area contributed by atoms with Gasteiger partial charge in [0, 0.05) is 49.6 Å². The van der Waals surface area contributed by atoms with Gasteiger partial charge in [0.15, 0.2) is 0 Å². The van der Waals surface area contributed by atoms with Gasteiger partial charge in [-0.1, -0.05) is 24.3 Å². The van der Waals surface area contributed by atoms with Crippen molar-refractivity contribution in [2.75, 3.05) is 13.1 Å². The van der Waals surface area contributed by atoms with Gasteiger partial charge in [-0.25, -0.2) is 13.8 Å². The fourth-order valence-electron chi connectivity index (χ4n) is 4.62. The quantitative estimate of drug-likeness (QED) is 0.730. The minimum Gasteiger partial charge on any atom is -0.355 e. The van der Waals surface area contributed by atoms with E-state index in [1.165, 1.54) is 23.3 Å². The van der Waals surface area contributed by atoms with Gasteiger partial charge >= 0.3 is 0 Å². The normalized spacial score (nSPS) is 22.5. The van der Waals surface area contributed by atoms with E-state index < -0.39 is 24.7 Å². The van der Waals surface area contributed by atoms with Crippen molar-refractivity contribution in [2.24, 2.45) is 5.92 Å². The van der Waals surface area contributed by atoms with Crippen LogP contribution in [0.5, 0.6) is 0 Å². The molecule has 0 spiro atoms. The van der Waals surface area contributed by atoms with Gasteiger partial charge < -0.3 is 10.2 Å². The van der Waals surface area contributed by atoms with Gasteiger partial charge in [-0.3, -0.25) is 9.59 Å². The number of nitrogens with one attached hydrogen (secondary N) is 1. The molecule has 8 heteroatoms. The van der Waals surface area contributed by atoms with E-state index in [-0.39, 0.29) is 30.8 Å². The second-order valence-electron chi connectivity index (χ2n) is 8.85. The fraction of sp³-hybridized carbons (Fsp3) is 0.522. The third-order valence-corrected chi connectivity index (χ3v) is 7.43. The molecule has 2 aliphatic carbocycles. The van der Waals surface area contributed by atoms with Gasteiger partial charge in [0.25, 0.3) is 0 Å². The highest BCUT2D eigenvalue weighted by Gasteiger charge is 2.48. The summed E-state index contributed by atoms with van der Waals surface area (Å²) < 4.78 is 26.0. The van der Waals surface area contributed by atoms with Crippen molar-refractivity contribution in [3.8, 4) is 0 Å². The molecule has 0 radical (unpaired) electrons. The number of benzene rings is 1. The maximum Gasteiger partial charge on any atom is 0.249 e. The predicted octanol–water partition coefficient (Wildman–Crippen LogP) is 4.05. The zero-order valence-electron chi connectivity index (χ0n) is 17.2. The summed E-state index contributed by atoms with van der Waals surface area (Å²) in [7, 11) is 0. The van der Waals surface area contributed by atoms with Crippen molar-refractivity contribution in [1.82, 2.24) is 15.2 Å². The summed E-state index contributed by atoms with van der Waals surface area (Å²) >= 11 is 1.63. The van der Waals surface area contributed by atoms with Crippen LogP contribution in [0, 0.1) is 5.92 Å². The van der Waals surface area contributed by atoms with Crippen molar-refractivity contribution < 1.29 is 18.4 Å². The van der Waals surface area contributed by atoms with E-state index >= 15 is 0 Å². The number of hydrogen-bond acceptors (Lipinski definition) is 4. The monoisotopic (exact) mass is 445 g/mol. The Morgan fingerprint density at radius 3 is 2.74 bits per heavy atom. The van der Waals surface area contributed by atoms with Crippen LogP contribution in [0.4, 0.5) is 8.78 Å². The third kappa shape index (κ3) is 4.22. The number of rotatable bonds is 6. The first-order valence-corrected chi connectivity index (χ1v) is 11.8. The Morgan fingerprint density at radius 1 is 1.23 bits per heavy atom. The Balaban J connectivity index is 1.27. The Kier molecular flexibility index (Phi) is 5.28. The van der Waals surface area contributed by atoms with Gasteiger partial charge in [-0.2, -0.15) is 0 Å². The maximum absolute atomic E-state index is 13.1. The highest BCUT2D eigenvalue weighted by atomic mass is 32.1. The molecular weight excluding hydrogens is 420 g/mol. The highest BCUT2D eigenvalue weighted by Crippen LogP contribution is 2.43. The van der Waals surface area contributed by atoms with Crippen LogP contribution in [0.3, 0.4) is 0 Å². The topological polar surface area (TPSA) is 62.3 Å². The van der Waals surface area contributed by atoms with Crippen LogP contribution in [0.2, 0.25) is 0 Å². The van der Waals surface area contributed by atoms with E-state index in [1.54, 1.807) is 11.3 Å². The molecule has 2 saturated carbocycles. The lowest BCUT2D eigenvalue weighted by Gasteiger charge is -2.36. The zero-order chi connectivity index (χ0) is 21.6. The van der Waals surface area contributed by atoms with Crippen LogP contribution in [0.1, 0.15) is 65.8 Å². The summed E-state index contributed by atoms with van der Waals surface area (Å²) in [4.78, 5) is 32.8. The molecule has 3 aliphatic rings. The van der Waals surface area contributed by atoms with Crippen molar-refractivity contribution in [3.05, 3.63) is 51.5 Å². The summed E-state index contributed by atoms with van der Waals surface area (Å²) in [5.41, 5.74) is 5.17. The van der Waals surface area contributed by atoms with E-state index in [2.05, 4.69) is 34.6 Å². The molecule has 1 atom stereocenters. The van der Waals surface area contributed by atoms with Gasteiger partial charge in [-0.05, 0) is 29.9 Å². The number of hydrogen-bond donors (Lipinski definition) is 1. The van der Waals surface area contributed by atoms with Crippen molar-refractivity contribution in [1.29, 1.82) is 0 Å². The molecule has 1 aromatic heterocycles. The number of carbonyl (C=O) groups excluding carboxylic acids is 2. The van der Waals surface area contributed by atoms with Gasteiger partial charge in [-0.15, -0.1) is 11.3 Å². The molecule has 1 unspecified atom stereocenters. The predicted molar refractivity (Wildman–Crippen MR) is 113 cm³/mol. The molecule has 1 aliphatic heterocycles. The molecule has 0 saturated heterocycles. The van der Waals surface area contributed by atoms with Crippen LogP contribution in [-0.2, 0) is 16.0 Å². The Hall–Kier alpha value is -2.35. The average Bonchev–Trinajstić information content (AvgIpc) is 3.48. The van der Waals surface area contributed by atoms with Crippen molar-refractivity contribution in [3.63, 3.8) is 0 Å². The number of amides is 2. The zero-order valence-corrected chi connectivity index (χ0v) is 18.0. The number of nitrogens with zero attached hydrogens (tertiary/aromatic N) is 2. The molecule has 5 rings (SSSR count). The SMILES string of the molecule is O=C(NCCC(=O)N1CCc2scnc2C1c1cccc(C2CC2)c1)C1CC(F)(F)C1. The lowest BCUT2D eigenvalue weighted by molar-refractivity contribution is -0.150. The summed E-state index contributed by atoms with van der Waals surface area (Å²) in [6, 6.07) is 8.25. The van der Waals surface area contributed by atoms with Crippen molar-refractivity contribution >= 4 is 23.2 Å². The largest absolute Gasteiger partial charge is 0.355 e. The second kappa shape index (κ2) is 7.97. The summed E-state index contributed by atoms with van der Waals surface area (Å²) in [5, 5.41) is 2.66. The number of aromatic nitrogens is 1. The molecule has 2 aromatic rings. The first-order valence-electron chi connectivity index (χ1n) is 10.9. The van der Waals surface area contributed by atoms with Crippen LogP contribution in [-0.4, -0.2) is 40.7 Å². The molecule has 2 heterocycles. The van der Waals surface area contributed by atoms with Gasteiger partial charge in [0.2, 0.25) is 17.7 Å². The molecule has 2 fully saturated rings. The van der Waals surface area contributed by atoms with Crippen LogP contribution < -0.4 is 5.32 Å². The number of fused-ring (bicyclic) bond motifs is 1. The number of alkyl halides is 2. The first kappa shape index (κ1) is 20.5. The van der Waals surface area contributed by atoms with Crippen molar-refractivity contribution in [2.45, 2.75) is 56.4 Å². The highest BCUT2D eigenvalue weighted by molar-refractivity contribution is 7.09. The van der Waals surface area contributed by atoms with Gasteiger partial charge in [0.05, 0.1) is 11.2 Å². The van der Waals surface area contributed by atoms with Gasteiger partial charge in [0.1, 0.15) is 6.04 Å². The minimum absolute atomic E-state index is 0.0558. The molecule has 1 N–H and O–H groups in total. The summed E-state index contributed by atoms with van der Waals surface area (Å²) in [6.07, 6.45) is 2.55. The van der Waals surface area contributed by atoms with E-state index in [0.29, 0.717) is 12.5 Å². The molecule has 0 bridgehead atoms. The Bertz CT molecular complexity index is 996. The standard InChI is InChI=1S/C23H25F2N3O2S/c24-23(25)11-17(12-23)22(30)26-8-6-19(29)28-9-7-18-20(27-13-31-18)21(28)16-3-1-2-15(10-16)14-4-5-14/h1-3,10,13-14,17,21H,4-9,11-12H2,(H,26,30).